The Bertz CT molecular complexity index is 447. The zero-order chi connectivity index (χ0) is 12.8. The molecule has 0 aliphatic heterocycles. The molecule has 18 heavy (non-hydrogen) atoms. The van der Waals surface area contributed by atoms with Crippen LogP contribution in [0.2, 0.25) is 0 Å². The van der Waals surface area contributed by atoms with Gasteiger partial charge in [0, 0.05) is 5.69 Å². The number of hydrogen-bond donors (Lipinski definition) is 1. The quantitative estimate of drug-likeness (QED) is 0.636. The summed E-state index contributed by atoms with van der Waals surface area (Å²) in [6, 6.07) is 7.56. The number of amides is 1. The minimum Gasteiger partial charge on any atom is -0.298 e. The number of carbonyl (C=O) groups excluding carboxylic acids is 1. The van der Waals surface area contributed by atoms with Crippen molar-refractivity contribution in [2.24, 2.45) is 5.16 Å². The van der Waals surface area contributed by atoms with Crippen LogP contribution in [0.4, 0.5) is 10.5 Å². The molecule has 0 spiro atoms. The average Bonchev–Trinajstić information content (AvgIpc) is 2.38. The Morgan fingerprint density at radius 1 is 1.28 bits per heavy atom. The number of carbonyl (C=O) groups is 1. The van der Waals surface area contributed by atoms with Gasteiger partial charge in [0.1, 0.15) is 0 Å². The van der Waals surface area contributed by atoms with E-state index in [0.717, 1.165) is 42.6 Å². The van der Waals surface area contributed by atoms with Gasteiger partial charge in [-0.2, -0.15) is 0 Å². The van der Waals surface area contributed by atoms with Gasteiger partial charge in [0.2, 0.25) is 0 Å². The lowest BCUT2D eigenvalue weighted by molar-refractivity contribution is 0.165. The molecule has 2 rings (SSSR count). The van der Waals surface area contributed by atoms with E-state index in [-0.39, 0.29) is 0 Å². The predicted molar refractivity (Wildman–Crippen MR) is 71.8 cm³/mol. The highest BCUT2D eigenvalue weighted by Gasteiger charge is 2.09. The molecule has 0 heterocycles. The molecule has 1 N–H and O–H groups in total. The number of oxime groups is 1. The minimum absolute atomic E-state index is 0.529. The van der Waals surface area contributed by atoms with E-state index in [1.165, 1.54) is 6.42 Å². The van der Waals surface area contributed by atoms with E-state index in [0.29, 0.717) is 0 Å². The van der Waals surface area contributed by atoms with E-state index < -0.39 is 6.09 Å². The van der Waals surface area contributed by atoms with Crippen LogP contribution in [0, 0.1) is 6.92 Å². The molecule has 1 saturated carbocycles. The fraction of sp³-hybridized carbons (Fsp3) is 0.429. The number of benzene rings is 1. The summed E-state index contributed by atoms with van der Waals surface area (Å²) in [5.74, 6) is 0. The van der Waals surface area contributed by atoms with Gasteiger partial charge in [0.15, 0.2) is 0 Å². The summed E-state index contributed by atoms with van der Waals surface area (Å²) in [6.07, 6.45) is 4.88. The van der Waals surface area contributed by atoms with Gasteiger partial charge in [-0.3, -0.25) is 10.2 Å². The minimum atomic E-state index is -0.529. The van der Waals surface area contributed by atoms with Crippen molar-refractivity contribution >= 4 is 17.5 Å². The SMILES string of the molecule is Cc1cccc(NC(=O)ON=C2CCCCC2)c1. The molecule has 0 bridgehead atoms. The lowest BCUT2D eigenvalue weighted by Gasteiger charge is -2.11. The van der Waals surface area contributed by atoms with Gasteiger partial charge < -0.3 is 0 Å². The molecular weight excluding hydrogens is 228 g/mol. The molecule has 1 aliphatic carbocycles. The second-order valence-corrected chi connectivity index (χ2v) is 4.59. The molecule has 96 valence electrons. The molecule has 1 amide bonds. The van der Waals surface area contributed by atoms with Gasteiger partial charge in [-0.1, -0.05) is 23.7 Å². The third-order valence-electron chi connectivity index (χ3n) is 2.95. The third-order valence-corrected chi connectivity index (χ3v) is 2.95. The summed E-state index contributed by atoms with van der Waals surface area (Å²) < 4.78 is 0. The normalized spacial score (nSPS) is 15.1. The topological polar surface area (TPSA) is 50.7 Å². The van der Waals surface area contributed by atoms with Gasteiger partial charge in [0.05, 0.1) is 5.71 Å². The van der Waals surface area contributed by atoms with E-state index >= 15 is 0 Å². The Morgan fingerprint density at radius 3 is 2.78 bits per heavy atom. The Labute approximate surface area is 107 Å². The molecule has 4 heteroatoms. The molecule has 1 aliphatic rings. The van der Waals surface area contributed by atoms with E-state index in [1.807, 2.05) is 31.2 Å². The highest BCUT2D eigenvalue weighted by Crippen LogP contribution is 2.15. The maximum atomic E-state index is 11.5. The smallest absolute Gasteiger partial charge is 0.298 e. The van der Waals surface area contributed by atoms with Crippen molar-refractivity contribution in [3.63, 3.8) is 0 Å². The highest BCUT2D eigenvalue weighted by molar-refractivity contribution is 5.87. The van der Waals surface area contributed by atoms with Crippen molar-refractivity contribution in [1.82, 2.24) is 0 Å². The molecule has 0 radical (unpaired) electrons. The summed E-state index contributed by atoms with van der Waals surface area (Å²) in [5, 5.41) is 6.56. The van der Waals surface area contributed by atoms with Crippen LogP contribution in [0.25, 0.3) is 0 Å². The van der Waals surface area contributed by atoms with Crippen molar-refractivity contribution in [2.75, 3.05) is 5.32 Å². The summed E-state index contributed by atoms with van der Waals surface area (Å²) in [4.78, 5) is 16.4. The summed E-state index contributed by atoms with van der Waals surface area (Å²) in [7, 11) is 0. The lowest BCUT2D eigenvalue weighted by atomic mass is 9.99. The summed E-state index contributed by atoms with van der Waals surface area (Å²) in [5.41, 5.74) is 2.80. The molecule has 1 aromatic carbocycles. The largest absolute Gasteiger partial charge is 0.437 e. The zero-order valence-corrected chi connectivity index (χ0v) is 10.6. The first-order chi connectivity index (χ1) is 8.74. The number of aryl methyl sites for hydroxylation is 1. The lowest BCUT2D eigenvalue weighted by Crippen LogP contribution is -2.13. The average molecular weight is 246 g/mol. The first-order valence-corrected chi connectivity index (χ1v) is 6.34. The van der Waals surface area contributed by atoms with Crippen LogP contribution in [0.15, 0.2) is 29.4 Å². The zero-order valence-electron chi connectivity index (χ0n) is 10.6. The standard InChI is InChI=1S/C14H18N2O2/c1-11-6-5-9-13(10-11)15-14(17)18-16-12-7-3-2-4-8-12/h5-6,9-10H,2-4,7-8H2,1H3,(H,15,17). The summed E-state index contributed by atoms with van der Waals surface area (Å²) >= 11 is 0. The van der Waals surface area contributed by atoms with Crippen LogP contribution in [0.5, 0.6) is 0 Å². The Hall–Kier alpha value is -1.84. The number of nitrogens with one attached hydrogen (secondary N) is 1. The molecule has 0 saturated heterocycles. The predicted octanol–water partition coefficient (Wildman–Crippen LogP) is 3.86. The summed E-state index contributed by atoms with van der Waals surface area (Å²) in [6.45, 7) is 1.97. The van der Waals surface area contributed by atoms with Gasteiger partial charge in [-0.05, 0) is 50.3 Å². The second kappa shape index (κ2) is 6.19. The Kier molecular flexibility index (Phi) is 4.34. The highest BCUT2D eigenvalue weighted by atomic mass is 16.7. The van der Waals surface area contributed by atoms with Crippen LogP contribution in [-0.2, 0) is 4.84 Å². The van der Waals surface area contributed by atoms with Gasteiger partial charge in [-0.25, -0.2) is 4.79 Å². The first kappa shape index (κ1) is 12.6. The fourth-order valence-electron chi connectivity index (χ4n) is 2.02. The molecular formula is C14H18N2O2. The van der Waals surface area contributed by atoms with Crippen LogP contribution in [0.3, 0.4) is 0 Å². The monoisotopic (exact) mass is 246 g/mol. The van der Waals surface area contributed by atoms with E-state index in [9.17, 15) is 4.79 Å². The van der Waals surface area contributed by atoms with E-state index in [1.54, 1.807) is 0 Å². The van der Waals surface area contributed by atoms with Crippen molar-refractivity contribution in [2.45, 2.75) is 39.0 Å². The second-order valence-electron chi connectivity index (χ2n) is 4.59. The van der Waals surface area contributed by atoms with Crippen LogP contribution >= 0.6 is 0 Å². The molecule has 1 aromatic rings. The molecule has 0 atom stereocenters. The Balaban J connectivity index is 1.85. The maximum absolute atomic E-state index is 11.5. The van der Waals surface area contributed by atoms with Crippen LogP contribution < -0.4 is 5.32 Å². The molecule has 0 unspecified atom stereocenters. The molecule has 4 nitrogen and oxygen atoms in total. The van der Waals surface area contributed by atoms with E-state index in [2.05, 4.69) is 10.5 Å². The van der Waals surface area contributed by atoms with Gasteiger partial charge in [-0.15, -0.1) is 0 Å². The first-order valence-electron chi connectivity index (χ1n) is 6.34. The van der Waals surface area contributed by atoms with Gasteiger partial charge >= 0.3 is 6.09 Å². The molecule has 0 aromatic heterocycles. The number of hydrogen-bond acceptors (Lipinski definition) is 3. The number of nitrogens with zero attached hydrogens (tertiary/aromatic N) is 1. The van der Waals surface area contributed by atoms with Crippen molar-refractivity contribution in [1.29, 1.82) is 0 Å². The number of anilines is 1. The third kappa shape index (κ3) is 3.87. The van der Waals surface area contributed by atoms with Crippen molar-refractivity contribution < 1.29 is 9.63 Å². The van der Waals surface area contributed by atoms with Crippen molar-refractivity contribution in [3.05, 3.63) is 29.8 Å². The van der Waals surface area contributed by atoms with E-state index in [4.69, 9.17) is 4.84 Å². The van der Waals surface area contributed by atoms with Crippen LogP contribution in [0.1, 0.15) is 37.7 Å². The van der Waals surface area contributed by atoms with Gasteiger partial charge in [0.25, 0.3) is 0 Å². The van der Waals surface area contributed by atoms with Crippen LogP contribution in [-0.4, -0.2) is 11.8 Å². The molecule has 1 fully saturated rings. The van der Waals surface area contributed by atoms with Crippen molar-refractivity contribution in [3.8, 4) is 0 Å². The Morgan fingerprint density at radius 2 is 2.06 bits per heavy atom. The maximum Gasteiger partial charge on any atom is 0.437 e. The number of rotatable bonds is 2. The fourth-order valence-corrected chi connectivity index (χ4v) is 2.02.